The van der Waals surface area contributed by atoms with Crippen LogP contribution in [0.2, 0.25) is 0 Å². The minimum absolute atomic E-state index is 0.0119. The van der Waals surface area contributed by atoms with Crippen LogP contribution in [0.15, 0.2) is 24.3 Å². The monoisotopic (exact) mass is 417 g/mol. The molecule has 5 heteroatoms. The molecule has 2 atom stereocenters. The van der Waals surface area contributed by atoms with Gasteiger partial charge in [0.1, 0.15) is 0 Å². The molecular weight excluding hydrogens is 378 g/mol. The second-order valence-corrected chi connectivity index (χ2v) is 8.62. The zero-order valence-corrected chi connectivity index (χ0v) is 18.8. The van der Waals surface area contributed by atoms with E-state index < -0.39 is 17.4 Å². The molecule has 0 amide bonds. The number of carbonyl (C=O) groups excluding carboxylic acids is 1. The molecule has 1 aromatic carbocycles. The molecule has 2 rings (SSSR count). The van der Waals surface area contributed by atoms with Crippen molar-refractivity contribution in [2.24, 2.45) is 5.41 Å². The topological polar surface area (TPSA) is 75.6 Å². The molecule has 30 heavy (non-hydrogen) atoms. The van der Waals surface area contributed by atoms with Crippen LogP contribution in [-0.2, 0) is 27.3 Å². The Hall–Kier alpha value is -1.88. The van der Waals surface area contributed by atoms with Gasteiger partial charge in [0.15, 0.2) is 5.41 Å². The van der Waals surface area contributed by atoms with Gasteiger partial charge in [-0.05, 0) is 50.2 Å². The Kier molecular flexibility index (Phi) is 10.4. The highest BCUT2D eigenvalue weighted by Gasteiger charge is 2.52. The van der Waals surface area contributed by atoms with Crippen LogP contribution in [0.25, 0.3) is 0 Å². The third kappa shape index (κ3) is 7.12. The molecule has 1 aliphatic rings. The maximum Gasteiger partial charge on any atom is 0.323 e. The van der Waals surface area contributed by atoms with Gasteiger partial charge in [-0.1, -0.05) is 69.7 Å². The van der Waals surface area contributed by atoms with Crippen LogP contribution in [0.3, 0.4) is 0 Å². The third-order valence-electron chi connectivity index (χ3n) is 6.28. The average Bonchev–Trinajstić information content (AvgIpc) is 3.18. The zero-order chi connectivity index (χ0) is 21.8. The first-order valence-corrected chi connectivity index (χ1v) is 11.7. The predicted octanol–water partition coefficient (Wildman–Crippen LogP) is 5.26. The van der Waals surface area contributed by atoms with Crippen LogP contribution in [0.1, 0.15) is 89.2 Å². The molecule has 2 N–H and O–H groups in total. The number of esters is 1. The molecule has 0 saturated heterocycles. The minimum Gasteiger partial charge on any atom is -0.480 e. The van der Waals surface area contributed by atoms with Crippen molar-refractivity contribution in [3.05, 3.63) is 35.4 Å². The zero-order valence-electron chi connectivity index (χ0n) is 18.8. The van der Waals surface area contributed by atoms with Gasteiger partial charge < -0.3 is 15.2 Å². The summed E-state index contributed by atoms with van der Waals surface area (Å²) in [7, 11) is 0. The molecule has 0 aliphatic heterocycles. The van der Waals surface area contributed by atoms with E-state index in [1.807, 2.05) is 0 Å². The molecule has 1 saturated carbocycles. The number of rotatable bonds is 14. The fourth-order valence-electron chi connectivity index (χ4n) is 4.33. The summed E-state index contributed by atoms with van der Waals surface area (Å²) in [4.78, 5) is 24.0. The van der Waals surface area contributed by atoms with Gasteiger partial charge in [-0.25, -0.2) is 0 Å². The van der Waals surface area contributed by atoms with Gasteiger partial charge in [-0.2, -0.15) is 0 Å². The largest absolute Gasteiger partial charge is 0.480 e. The lowest BCUT2D eigenvalue weighted by Gasteiger charge is -2.22. The quantitative estimate of drug-likeness (QED) is 0.245. The summed E-state index contributed by atoms with van der Waals surface area (Å²) in [5.41, 5.74) is 1.16. The maximum absolute atomic E-state index is 12.2. The van der Waals surface area contributed by atoms with Gasteiger partial charge in [-0.3, -0.25) is 9.59 Å². The fourth-order valence-corrected chi connectivity index (χ4v) is 4.33. The van der Waals surface area contributed by atoms with Gasteiger partial charge in [-0.15, -0.1) is 0 Å². The van der Waals surface area contributed by atoms with Crippen LogP contribution in [-0.4, -0.2) is 29.7 Å². The molecule has 1 fully saturated rings. The van der Waals surface area contributed by atoms with Crippen LogP contribution >= 0.6 is 0 Å². The van der Waals surface area contributed by atoms with E-state index >= 15 is 0 Å². The number of aliphatic carboxylic acids is 1. The summed E-state index contributed by atoms with van der Waals surface area (Å²) in [6, 6.07) is 8.70. The normalized spacial score (nSPS) is 20.9. The van der Waals surface area contributed by atoms with Crippen molar-refractivity contribution < 1.29 is 19.4 Å². The summed E-state index contributed by atoms with van der Waals surface area (Å²) >= 11 is 0. The Bertz CT molecular complexity index is 658. The SMILES string of the molecule is CCCCCCCCCc1ccc(CNC2CCC(C(=O)O)(C(=O)OCC)C2)cc1. The molecular formula is C25H39NO4. The summed E-state index contributed by atoms with van der Waals surface area (Å²) in [6.45, 7) is 4.84. The first-order chi connectivity index (χ1) is 14.5. The lowest BCUT2D eigenvalue weighted by Crippen LogP contribution is -2.40. The molecule has 1 aromatic rings. The lowest BCUT2D eigenvalue weighted by atomic mass is 9.86. The number of carbonyl (C=O) groups is 2. The predicted molar refractivity (Wildman–Crippen MR) is 119 cm³/mol. The molecule has 0 radical (unpaired) electrons. The average molecular weight is 418 g/mol. The molecule has 1 aliphatic carbocycles. The van der Waals surface area contributed by atoms with Gasteiger partial charge in [0, 0.05) is 12.6 Å². The van der Waals surface area contributed by atoms with Crippen molar-refractivity contribution in [2.45, 2.75) is 97.1 Å². The number of ether oxygens (including phenoxy) is 1. The highest BCUT2D eigenvalue weighted by molar-refractivity contribution is 5.99. The number of benzene rings is 1. The van der Waals surface area contributed by atoms with Gasteiger partial charge in [0.2, 0.25) is 0 Å². The minimum atomic E-state index is -1.39. The van der Waals surface area contributed by atoms with Crippen LogP contribution in [0.4, 0.5) is 0 Å². The molecule has 0 bridgehead atoms. The van der Waals surface area contributed by atoms with Crippen LogP contribution < -0.4 is 5.32 Å². The van der Waals surface area contributed by atoms with Crippen molar-refractivity contribution in [1.82, 2.24) is 5.32 Å². The third-order valence-corrected chi connectivity index (χ3v) is 6.28. The van der Waals surface area contributed by atoms with E-state index in [4.69, 9.17) is 4.74 Å². The number of carboxylic acid groups (broad SMARTS) is 1. The number of carboxylic acids is 1. The van der Waals surface area contributed by atoms with Crippen LogP contribution in [0, 0.1) is 5.41 Å². The van der Waals surface area contributed by atoms with E-state index in [1.54, 1.807) is 6.92 Å². The fraction of sp³-hybridized carbons (Fsp3) is 0.680. The van der Waals surface area contributed by atoms with Crippen LogP contribution in [0.5, 0.6) is 0 Å². The molecule has 0 aromatic heterocycles. The summed E-state index contributed by atoms with van der Waals surface area (Å²) < 4.78 is 5.03. The first-order valence-electron chi connectivity index (χ1n) is 11.7. The molecule has 5 nitrogen and oxygen atoms in total. The van der Waals surface area contributed by atoms with Gasteiger partial charge in [0.25, 0.3) is 0 Å². The van der Waals surface area contributed by atoms with Gasteiger partial charge >= 0.3 is 11.9 Å². The summed E-state index contributed by atoms with van der Waals surface area (Å²) in [6.07, 6.45) is 11.7. The van der Waals surface area contributed by atoms with E-state index in [0.717, 1.165) is 6.42 Å². The van der Waals surface area contributed by atoms with Crippen molar-refractivity contribution >= 4 is 11.9 Å². The number of nitrogens with one attached hydrogen (secondary N) is 1. The Morgan fingerprint density at radius 2 is 1.67 bits per heavy atom. The molecule has 0 heterocycles. The van der Waals surface area contributed by atoms with E-state index in [0.29, 0.717) is 19.4 Å². The maximum atomic E-state index is 12.2. The number of unbranched alkanes of at least 4 members (excludes halogenated alkanes) is 6. The summed E-state index contributed by atoms with van der Waals surface area (Å²) in [5, 5.41) is 13.0. The Morgan fingerprint density at radius 3 is 2.30 bits per heavy atom. The number of hydrogen-bond acceptors (Lipinski definition) is 4. The van der Waals surface area contributed by atoms with Crippen molar-refractivity contribution in [2.75, 3.05) is 6.61 Å². The van der Waals surface area contributed by atoms with E-state index in [-0.39, 0.29) is 19.1 Å². The number of aryl methyl sites for hydroxylation is 1. The second kappa shape index (κ2) is 12.7. The Morgan fingerprint density at radius 1 is 1.03 bits per heavy atom. The smallest absolute Gasteiger partial charge is 0.323 e. The van der Waals surface area contributed by atoms with E-state index in [2.05, 4.69) is 36.5 Å². The molecule has 0 spiro atoms. The second-order valence-electron chi connectivity index (χ2n) is 8.62. The Labute approximate surface area is 181 Å². The van der Waals surface area contributed by atoms with Gasteiger partial charge in [0.05, 0.1) is 6.61 Å². The highest BCUT2D eigenvalue weighted by Crippen LogP contribution is 2.40. The van der Waals surface area contributed by atoms with E-state index in [9.17, 15) is 14.7 Å². The number of hydrogen-bond donors (Lipinski definition) is 2. The van der Waals surface area contributed by atoms with Crippen molar-refractivity contribution in [1.29, 1.82) is 0 Å². The lowest BCUT2D eigenvalue weighted by molar-refractivity contribution is -0.168. The Balaban J connectivity index is 1.72. The highest BCUT2D eigenvalue weighted by atomic mass is 16.5. The molecule has 168 valence electrons. The van der Waals surface area contributed by atoms with Crippen molar-refractivity contribution in [3.8, 4) is 0 Å². The van der Waals surface area contributed by atoms with Crippen molar-refractivity contribution in [3.63, 3.8) is 0 Å². The molecule has 2 unspecified atom stereocenters. The van der Waals surface area contributed by atoms with E-state index in [1.165, 1.54) is 56.1 Å². The first kappa shape index (κ1) is 24.4. The standard InChI is InChI=1S/C25H39NO4/c1-3-5-6-7-8-9-10-11-20-12-14-21(15-13-20)19-26-22-16-17-25(18-22,23(27)28)24(29)30-4-2/h12-15,22,26H,3-11,16-19H2,1-2H3,(H,27,28). The summed E-state index contributed by atoms with van der Waals surface area (Å²) in [5.74, 6) is -1.67.